The van der Waals surface area contributed by atoms with E-state index in [1.54, 1.807) is 6.08 Å². The average molecular weight is 437 g/mol. The summed E-state index contributed by atoms with van der Waals surface area (Å²) >= 11 is 0. The Morgan fingerprint density at radius 1 is 1.09 bits per heavy atom. The van der Waals surface area contributed by atoms with Gasteiger partial charge >= 0.3 is 5.97 Å². The van der Waals surface area contributed by atoms with E-state index in [2.05, 4.69) is 46.8 Å². The van der Waals surface area contributed by atoms with Gasteiger partial charge in [0.25, 0.3) is 0 Å². The molecule has 32 heavy (non-hydrogen) atoms. The molecule has 3 heteroatoms. The van der Waals surface area contributed by atoms with E-state index < -0.39 is 5.60 Å². The standard InChI is InChI=1S/C29H40O3/c1-22(2)29-19-18-24(4)11-9-10-23(3)14-16-26(28(5,32-29)20-21-29)31-27(30)17-15-25-12-7-6-8-13-25/h6-8,10,12-13,15,17-18,22,26H,9,11,14,16,19-21H2,1-5H3/b17-15+,23-10+,24-18+/t26-,28+,29+/m0/s1. The van der Waals surface area contributed by atoms with Gasteiger partial charge in [0.15, 0.2) is 0 Å². The zero-order valence-corrected chi connectivity index (χ0v) is 20.5. The molecule has 0 spiro atoms. The predicted molar refractivity (Wildman–Crippen MR) is 132 cm³/mol. The molecule has 2 aliphatic rings. The zero-order valence-electron chi connectivity index (χ0n) is 20.5. The van der Waals surface area contributed by atoms with Gasteiger partial charge in [0.1, 0.15) is 11.7 Å². The molecule has 1 aromatic carbocycles. The number of hydrogen-bond donors (Lipinski definition) is 0. The van der Waals surface area contributed by atoms with E-state index in [4.69, 9.17) is 9.47 Å². The molecule has 2 heterocycles. The van der Waals surface area contributed by atoms with Crippen molar-refractivity contribution < 1.29 is 14.3 Å². The van der Waals surface area contributed by atoms with E-state index in [1.165, 1.54) is 11.1 Å². The normalized spacial score (nSPS) is 32.9. The third-order valence-electron chi connectivity index (χ3n) is 7.31. The minimum Gasteiger partial charge on any atom is -0.456 e. The lowest BCUT2D eigenvalue weighted by Gasteiger charge is -2.39. The molecule has 2 bridgehead atoms. The van der Waals surface area contributed by atoms with Crippen LogP contribution < -0.4 is 0 Å². The number of carbonyl (C=O) groups is 1. The molecule has 1 fully saturated rings. The zero-order chi connectivity index (χ0) is 23.2. The fraction of sp³-hybridized carbons (Fsp3) is 0.552. The van der Waals surface area contributed by atoms with E-state index in [0.29, 0.717) is 5.92 Å². The maximum atomic E-state index is 12.8. The summed E-state index contributed by atoms with van der Waals surface area (Å²) in [6, 6.07) is 9.85. The number of esters is 1. The SMILES string of the molecule is C/C1=C\C[C@]2(C(C)C)CC[C@@](C)(O2)[C@@H](OC(=O)/C=C/c2ccccc2)CC/C(C)=C/CC1. The number of ether oxygens (including phenoxy) is 2. The molecule has 0 N–H and O–H groups in total. The number of hydrogen-bond acceptors (Lipinski definition) is 3. The highest BCUT2D eigenvalue weighted by Gasteiger charge is 2.52. The maximum absolute atomic E-state index is 12.8. The van der Waals surface area contributed by atoms with E-state index in [-0.39, 0.29) is 17.7 Å². The van der Waals surface area contributed by atoms with Gasteiger partial charge in [0, 0.05) is 6.08 Å². The molecule has 0 saturated carbocycles. The molecule has 0 radical (unpaired) electrons. The van der Waals surface area contributed by atoms with E-state index in [1.807, 2.05) is 36.4 Å². The van der Waals surface area contributed by atoms with Gasteiger partial charge in [-0.2, -0.15) is 0 Å². The van der Waals surface area contributed by atoms with Crippen molar-refractivity contribution in [2.24, 2.45) is 5.92 Å². The minimum absolute atomic E-state index is 0.197. The molecule has 0 amide bonds. The number of allylic oxidation sites excluding steroid dienone is 3. The van der Waals surface area contributed by atoms with Crippen molar-refractivity contribution in [2.75, 3.05) is 0 Å². The van der Waals surface area contributed by atoms with E-state index in [9.17, 15) is 4.79 Å². The molecule has 0 aromatic heterocycles. The Kier molecular flexibility index (Phi) is 8.16. The smallest absolute Gasteiger partial charge is 0.331 e. The molecular weight excluding hydrogens is 396 g/mol. The summed E-state index contributed by atoms with van der Waals surface area (Å²) in [5.41, 5.74) is 3.10. The van der Waals surface area contributed by atoms with E-state index in [0.717, 1.165) is 50.5 Å². The quantitative estimate of drug-likeness (QED) is 0.280. The lowest BCUT2D eigenvalue weighted by Crippen LogP contribution is -2.46. The lowest BCUT2D eigenvalue weighted by molar-refractivity contribution is -0.184. The van der Waals surface area contributed by atoms with Gasteiger partial charge in [0.05, 0.1) is 5.60 Å². The van der Waals surface area contributed by atoms with Crippen LogP contribution in [0.3, 0.4) is 0 Å². The van der Waals surface area contributed by atoms with Gasteiger partial charge in [-0.25, -0.2) is 4.79 Å². The van der Waals surface area contributed by atoms with Gasteiger partial charge in [-0.15, -0.1) is 0 Å². The minimum atomic E-state index is -0.476. The summed E-state index contributed by atoms with van der Waals surface area (Å²) in [4.78, 5) is 12.8. The van der Waals surface area contributed by atoms with Gasteiger partial charge < -0.3 is 9.47 Å². The molecular formula is C29H40O3. The summed E-state index contributed by atoms with van der Waals surface area (Å²) in [5.74, 6) is 0.0973. The first kappa shape index (κ1) is 24.5. The Hall–Kier alpha value is -2.13. The number of rotatable bonds is 4. The topological polar surface area (TPSA) is 35.5 Å². The molecule has 2 aliphatic heterocycles. The van der Waals surface area contributed by atoms with Crippen LogP contribution in [0.5, 0.6) is 0 Å². The Morgan fingerprint density at radius 3 is 2.53 bits per heavy atom. The summed E-state index contributed by atoms with van der Waals surface area (Å²) in [6.45, 7) is 11.1. The first-order valence-electron chi connectivity index (χ1n) is 12.2. The monoisotopic (exact) mass is 436 g/mol. The van der Waals surface area contributed by atoms with Crippen molar-refractivity contribution in [3.8, 4) is 0 Å². The van der Waals surface area contributed by atoms with Crippen LogP contribution in [0, 0.1) is 5.92 Å². The first-order valence-corrected chi connectivity index (χ1v) is 12.2. The highest BCUT2D eigenvalue weighted by Crippen LogP contribution is 2.48. The van der Waals surface area contributed by atoms with Crippen LogP contribution in [0.2, 0.25) is 0 Å². The number of benzene rings is 1. The van der Waals surface area contributed by atoms with Crippen LogP contribution in [0.15, 0.2) is 59.7 Å². The second kappa shape index (κ2) is 10.7. The molecule has 3 atom stereocenters. The maximum Gasteiger partial charge on any atom is 0.331 e. The van der Waals surface area contributed by atoms with Crippen molar-refractivity contribution in [3.05, 3.63) is 65.3 Å². The summed E-state index contributed by atoms with van der Waals surface area (Å²) in [5, 5.41) is 0. The number of carbonyl (C=O) groups excluding carboxylic acids is 1. The van der Waals surface area contributed by atoms with Crippen molar-refractivity contribution in [1.29, 1.82) is 0 Å². The fourth-order valence-electron chi connectivity index (χ4n) is 4.89. The first-order chi connectivity index (χ1) is 15.2. The Labute approximate surface area is 194 Å². The molecule has 1 aromatic rings. The molecule has 0 aliphatic carbocycles. The van der Waals surface area contributed by atoms with Crippen molar-refractivity contribution in [3.63, 3.8) is 0 Å². The highest BCUT2D eigenvalue weighted by molar-refractivity contribution is 5.87. The molecule has 3 nitrogen and oxygen atoms in total. The van der Waals surface area contributed by atoms with Crippen LogP contribution in [0.4, 0.5) is 0 Å². The van der Waals surface area contributed by atoms with Crippen LogP contribution >= 0.6 is 0 Å². The van der Waals surface area contributed by atoms with Gasteiger partial charge in [-0.3, -0.25) is 0 Å². The highest BCUT2D eigenvalue weighted by atomic mass is 16.6. The Balaban J connectivity index is 1.83. The van der Waals surface area contributed by atoms with Crippen LogP contribution in [0.1, 0.15) is 85.1 Å². The Bertz CT molecular complexity index is 864. The fourth-order valence-corrected chi connectivity index (χ4v) is 4.89. The Morgan fingerprint density at radius 2 is 1.81 bits per heavy atom. The summed E-state index contributed by atoms with van der Waals surface area (Å²) in [7, 11) is 0. The van der Waals surface area contributed by atoms with Crippen molar-refractivity contribution >= 4 is 12.0 Å². The lowest BCUT2D eigenvalue weighted by atomic mass is 9.82. The second-order valence-electron chi connectivity index (χ2n) is 10.2. The summed E-state index contributed by atoms with van der Waals surface area (Å²) < 4.78 is 13.0. The molecule has 174 valence electrons. The van der Waals surface area contributed by atoms with Gasteiger partial charge in [0.2, 0.25) is 0 Å². The third kappa shape index (κ3) is 6.22. The average Bonchev–Trinajstić information content (AvgIpc) is 3.13. The molecule has 1 saturated heterocycles. The van der Waals surface area contributed by atoms with Gasteiger partial charge in [-0.1, -0.05) is 67.5 Å². The largest absolute Gasteiger partial charge is 0.456 e. The number of fused-ring (bicyclic) bond motifs is 2. The second-order valence-corrected chi connectivity index (χ2v) is 10.2. The summed E-state index contributed by atoms with van der Waals surface area (Å²) in [6.07, 6.45) is 14.5. The molecule has 0 unspecified atom stereocenters. The van der Waals surface area contributed by atoms with Crippen LogP contribution in [-0.4, -0.2) is 23.3 Å². The van der Waals surface area contributed by atoms with Gasteiger partial charge in [-0.05, 0) is 83.3 Å². The van der Waals surface area contributed by atoms with Crippen molar-refractivity contribution in [2.45, 2.75) is 96.9 Å². The third-order valence-corrected chi connectivity index (χ3v) is 7.31. The predicted octanol–water partition coefficient (Wildman–Crippen LogP) is 7.43. The van der Waals surface area contributed by atoms with E-state index >= 15 is 0 Å². The van der Waals surface area contributed by atoms with Crippen molar-refractivity contribution in [1.82, 2.24) is 0 Å². The molecule has 3 rings (SSSR count). The van der Waals surface area contributed by atoms with Crippen LogP contribution in [0.25, 0.3) is 6.08 Å². The van der Waals surface area contributed by atoms with Crippen LogP contribution in [-0.2, 0) is 14.3 Å².